The van der Waals surface area contributed by atoms with Crippen LogP contribution in [0, 0.1) is 13.8 Å². The number of amides is 1. The summed E-state index contributed by atoms with van der Waals surface area (Å²) in [6.07, 6.45) is 0. The van der Waals surface area contributed by atoms with Gasteiger partial charge in [0, 0.05) is 50.5 Å². The van der Waals surface area contributed by atoms with E-state index in [0.29, 0.717) is 6.54 Å². The molecule has 1 aliphatic rings. The highest BCUT2D eigenvalue weighted by molar-refractivity contribution is 5.94. The lowest BCUT2D eigenvalue weighted by atomic mass is 10.1. The van der Waals surface area contributed by atoms with Crippen LogP contribution in [0.2, 0.25) is 0 Å². The molecule has 0 aromatic heterocycles. The average Bonchev–Trinajstić information content (AvgIpc) is 2.81. The number of rotatable bonds is 6. The van der Waals surface area contributed by atoms with Crippen LogP contribution in [0.5, 0.6) is 0 Å². The second-order valence-electron chi connectivity index (χ2n) is 8.40. The number of aryl methyl sites for hydroxylation is 2. The fourth-order valence-electron chi connectivity index (χ4n) is 4.04. The van der Waals surface area contributed by atoms with Crippen molar-refractivity contribution in [3.05, 3.63) is 101 Å². The number of nitrogens with one attached hydrogen (secondary N) is 1. The zero-order chi connectivity index (χ0) is 21.6. The molecular formula is C27H31N3O. The molecule has 0 saturated carbocycles. The maximum Gasteiger partial charge on any atom is 0.251 e. The lowest BCUT2D eigenvalue weighted by Crippen LogP contribution is -2.46. The second-order valence-corrected chi connectivity index (χ2v) is 8.40. The molecular weight excluding hydrogens is 382 g/mol. The highest BCUT2D eigenvalue weighted by Crippen LogP contribution is 2.21. The molecule has 1 aliphatic heterocycles. The van der Waals surface area contributed by atoms with Crippen LogP contribution < -0.4 is 10.2 Å². The lowest BCUT2D eigenvalue weighted by Gasteiger charge is -2.36. The highest BCUT2D eigenvalue weighted by atomic mass is 16.1. The van der Waals surface area contributed by atoms with Gasteiger partial charge < -0.3 is 10.2 Å². The number of benzene rings is 3. The Morgan fingerprint density at radius 2 is 1.55 bits per heavy atom. The van der Waals surface area contributed by atoms with Gasteiger partial charge in [-0.15, -0.1) is 0 Å². The Kier molecular flexibility index (Phi) is 6.68. The number of carbonyl (C=O) groups excluding carboxylic acids is 1. The van der Waals surface area contributed by atoms with E-state index in [1.807, 2.05) is 48.5 Å². The molecule has 1 fully saturated rings. The normalized spacial score (nSPS) is 14.5. The van der Waals surface area contributed by atoms with Gasteiger partial charge in [-0.2, -0.15) is 0 Å². The molecule has 1 heterocycles. The molecule has 0 bridgehead atoms. The Bertz CT molecular complexity index is 1020. The third-order valence-corrected chi connectivity index (χ3v) is 6.12. The number of hydrogen-bond acceptors (Lipinski definition) is 3. The Labute approximate surface area is 185 Å². The predicted molar refractivity (Wildman–Crippen MR) is 127 cm³/mol. The van der Waals surface area contributed by atoms with Crippen molar-refractivity contribution in [2.75, 3.05) is 31.1 Å². The molecule has 4 heteroatoms. The van der Waals surface area contributed by atoms with Crippen LogP contribution in [0.3, 0.4) is 0 Å². The Morgan fingerprint density at radius 1 is 0.806 bits per heavy atom. The molecule has 0 radical (unpaired) electrons. The topological polar surface area (TPSA) is 35.6 Å². The van der Waals surface area contributed by atoms with E-state index in [4.69, 9.17) is 0 Å². The van der Waals surface area contributed by atoms with E-state index >= 15 is 0 Å². The van der Waals surface area contributed by atoms with E-state index in [-0.39, 0.29) is 5.91 Å². The van der Waals surface area contributed by atoms with Crippen LogP contribution >= 0.6 is 0 Å². The zero-order valence-electron chi connectivity index (χ0n) is 18.5. The summed E-state index contributed by atoms with van der Waals surface area (Å²) >= 11 is 0. The van der Waals surface area contributed by atoms with E-state index in [1.54, 1.807) is 0 Å². The molecule has 160 valence electrons. The molecule has 1 N–H and O–H groups in total. The van der Waals surface area contributed by atoms with Crippen molar-refractivity contribution >= 4 is 11.6 Å². The third-order valence-electron chi connectivity index (χ3n) is 6.12. The highest BCUT2D eigenvalue weighted by Gasteiger charge is 2.18. The monoisotopic (exact) mass is 413 g/mol. The lowest BCUT2D eigenvalue weighted by molar-refractivity contribution is 0.0950. The van der Waals surface area contributed by atoms with E-state index in [0.717, 1.165) is 43.9 Å². The first-order chi connectivity index (χ1) is 15.1. The summed E-state index contributed by atoms with van der Waals surface area (Å²) in [4.78, 5) is 17.5. The largest absolute Gasteiger partial charge is 0.369 e. The van der Waals surface area contributed by atoms with Crippen LogP contribution in [0.15, 0.2) is 72.8 Å². The summed E-state index contributed by atoms with van der Waals surface area (Å²) < 4.78 is 0. The van der Waals surface area contributed by atoms with Gasteiger partial charge in [-0.25, -0.2) is 0 Å². The van der Waals surface area contributed by atoms with Crippen molar-refractivity contribution in [1.82, 2.24) is 10.2 Å². The van der Waals surface area contributed by atoms with Crippen LogP contribution in [0.4, 0.5) is 5.69 Å². The molecule has 4 nitrogen and oxygen atoms in total. The minimum Gasteiger partial charge on any atom is -0.369 e. The fraction of sp³-hybridized carbons (Fsp3) is 0.296. The Hall–Kier alpha value is -3.11. The van der Waals surface area contributed by atoms with Gasteiger partial charge in [-0.1, -0.05) is 48.5 Å². The Morgan fingerprint density at radius 3 is 2.29 bits per heavy atom. The first kappa shape index (κ1) is 21.1. The van der Waals surface area contributed by atoms with Gasteiger partial charge in [-0.05, 0) is 60.4 Å². The maximum atomic E-state index is 12.6. The second kappa shape index (κ2) is 9.80. The molecule has 3 aromatic carbocycles. The van der Waals surface area contributed by atoms with E-state index in [1.165, 1.54) is 22.4 Å². The number of nitrogens with zero attached hydrogens (tertiary/aromatic N) is 2. The summed E-state index contributed by atoms with van der Waals surface area (Å²) in [6.45, 7) is 9.87. The molecule has 31 heavy (non-hydrogen) atoms. The molecule has 0 aliphatic carbocycles. The standard InChI is InChI=1S/C27H31N3O/c1-21-11-12-26(17-22(21)2)30-15-13-29(14-16-30)20-24-9-6-10-25(18-24)27(31)28-19-23-7-4-3-5-8-23/h3-12,17-18H,13-16,19-20H2,1-2H3,(H,28,31). The van der Waals surface area contributed by atoms with E-state index < -0.39 is 0 Å². The van der Waals surface area contributed by atoms with Crippen LogP contribution in [-0.4, -0.2) is 37.0 Å². The van der Waals surface area contributed by atoms with Gasteiger partial charge in [0.15, 0.2) is 0 Å². The van der Waals surface area contributed by atoms with E-state index in [2.05, 4.69) is 53.2 Å². The first-order valence-corrected chi connectivity index (χ1v) is 11.0. The molecule has 0 spiro atoms. The maximum absolute atomic E-state index is 12.6. The number of carbonyl (C=O) groups is 1. The predicted octanol–water partition coefficient (Wildman–Crippen LogP) is 4.56. The number of hydrogen-bond donors (Lipinski definition) is 1. The molecule has 1 saturated heterocycles. The van der Waals surface area contributed by atoms with Crippen LogP contribution in [0.25, 0.3) is 0 Å². The summed E-state index contributed by atoms with van der Waals surface area (Å²) in [6, 6.07) is 24.8. The zero-order valence-corrected chi connectivity index (χ0v) is 18.5. The van der Waals surface area contributed by atoms with Crippen molar-refractivity contribution < 1.29 is 4.79 Å². The third kappa shape index (κ3) is 5.53. The first-order valence-electron chi connectivity index (χ1n) is 11.0. The quantitative estimate of drug-likeness (QED) is 0.644. The molecule has 3 aromatic rings. The van der Waals surface area contributed by atoms with Crippen molar-refractivity contribution in [3.63, 3.8) is 0 Å². The van der Waals surface area contributed by atoms with Crippen molar-refractivity contribution in [3.8, 4) is 0 Å². The van der Waals surface area contributed by atoms with Crippen LogP contribution in [-0.2, 0) is 13.1 Å². The number of anilines is 1. The molecule has 4 rings (SSSR count). The summed E-state index contributed by atoms with van der Waals surface area (Å²) in [5, 5.41) is 3.02. The molecule has 0 unspecified atom stereocenters. The minimum absolute atomic E-state index is 0.0229. The Balaban J connectivity index is 1.31. The summed E-state index contributed by atoms with van der Waals surface area (Å²) in [5.74, 6) is -0.0229. The van der Waals surface area contributed by atoms with Crippen LogP contribution in [0.1, 0.15) is 32.6 Å². The van der Waals surface area contributed by atoms with Gasteiger partial charge in [0.2, 0.25) is 0 Å². The van der Waals surface area contributed by atoms with Gasteiger partial charge in [0.1, 0.15) is 0 Å². The van der Waals surface area contributed by atoms with Gasteiger partial charge in [0.25, 0.3) is 5.91 Å². The van der Waals surface area contributed by atoms with Gasteiger partial charge >= 0.3 is 0 Å². The van der Waals surface area contributed by atoms with Gasteiger partial charge in [0.05, 0.1) is 0 Å². The van der Waals surface area contributed by atoms with Crippen molar-refractivity contribution in [1.29, 1.82) is 0 Å². The average molecular weight is 414 g/mol. The van der Waals surface area contributed by atoms with Gasteiger partial charge in [-0.3, -0.25) is 9.69 Å². The van der Waals surface area contributed by atoms with Crippen molar-refractivity contribution in [2.45, 2.75) is 26.9 Å². The number of piperazine rings is 1. The molecule has 1 amide bonds. The smallest absolute Gasteiger partial charge is 0.251 e. The molecule has 0 atom stereocenters. The SMILES string of the molecule is Cc1ccc(N2CCN(Cc3cccc(C(=O)NCc4ccccc4)c3)CC2)cc1C. The summed E-state index contributed by atoms with van der Waals surface area (Å²) in [7, 11) is 0. The van der Waals surface area contributed by atoms with E-state index in [9.17, 15) is 4.79 Å². The van der Waals surface area contributed by atoms with Crippen molar-refractivity contribution in [2.24, 2.45) is 0 Å². The summed E-state index contributed by atoms with van der Waals surface area (Å²) in [5.41, 5.74) is 7.03. The fourth-order valence-corrected chi connectivity index (χ4v) is 4.04. The minimum atomic E-state index is -0.0229.